The van der Waals surface area contributed by atoms with Crippen LogP contribution in [-0.2, 0) is 13.1 Å². The van der Waals surface area contributed by atoms with E-state index in [1.54, 1.807) is 0 Å². The summed E-state index contributed by atoms with van der Waals surface area (Å²) < 4.78 is 0. The van der Waals surface area contributed by atoms with Crippen LogP contribution >= 0.6 is 0 Å². The molecule has 4 heteroatoms. The van der Waals surface area contributed by atoms with Gasteiger partial charge in [0.2, 0.25) is 0 Å². The number of aromatic nitrogens is 2. The maximum absolute atomic E-state index is 6.11. The predicted molar refractivity (Wildman–Crippen MR) is 97.4 cm³/mol. The third kappa shape index (κ3) is 4.19. The molecular formula is C20H28N4. The molecule has 0 atom stereocenters. The van der Waals surface area contributed by atoms with Crippen molar-refractivity contribution < 1.29 is 0 Å². The van der Waals surface area contributed by atoms with E-state index in [1.807, 2.05) is 24.5 Å². The molecule has 1 aliphatic carbocycles. The highest BCUT2D eigenvalue weighted by Crippen LogP contribution is 2.25. The normalized spacial score (nSPS) is 21.2. The molecule has 0 saturated heterocycles. The molecule has 2 aromatic heterocycles. The lowest BCUT2D eigenvalue weighted by Crippen LogP contribution is -2.40. The van der Waals surface area contributed by atoms with Gasteiger partial charge in [0.05, 0.1) is 11.4 Å². The van der Waals surface area contributed by atoms with Gasteiger partial charge in [-0.05, 0) is 62.8 Å². The van der Waals surface area contributed by atoms with E-state index < -0.39 is 0 Å². The summed E-state index contributed by atoms with van der Waals surface area (Å²) in [5, 5.41) is 0. The van der Waals surface area contributed by atoms with Gasteiger partial charge in [-0.1, -0.05) is 12.1 Å². The number of aryl methyl sites for hydroxylation is 2. The molecule has 0 aromatic carbocycles. The van der Waals surface area contributed by atoms with Crippen molar-refractivity contribution in [1.82, 2.24) is 14.9 Å². The summed E-state index contributed by atoms with van der Waals surface area (Å²) in [6.45, 7) is 6.04. The first-order valence-electron chi connectivity index (χ1n) is 8.94. The molecule has 1 fully saturated rings. The molecule has 0 unspecified atom stereocenters. The largest absolute Gasteiger partial charge is 0.328 e. The molecule has 0 radical (unpaired) electrons. The first-order valence-corrected chi connectivity index (χ1v) is 8.94. The van der Waals surface area contributed by atoms with E-state index in [1.165, 1.54) is 35.4 Å². The molecule has 24 heavy (non-hydrogen) atoms. The van der Waals surface area contributed by atoms with Crippen molar-refractivity contribution in [2.75, 3.05) is 0 Å². The average molecular weight is 324 g/mol. The van der Waals surface area contributed by atoms with Crippen molar-refractivity contribution in [2.45, 2.75) is 64.7 Å². The second-order valence-electron chi connectivity index (χ2n) is 7.01. The van der Waals surface area contributed by atoms with Crippen molar-refractivity contribution >= 4 is 0 Å². The van der Waals surface area contributed by atoms with E-state index in [4.69, 9.17) is 5.73 Å². The Morgan fingerprint density at radius 3 is 1.88 bits per heavy atom. The Bertz CT molecular complexity index is 615. The molecule has 2 heterocycles. The van der Waals surface area contributed by atoms with E-state index in [0.29, 0.717) is 12.1 Å². The summed E-state index contributed by atoms with van der Waals surface area (Å²) in [6, 6.07) is 9.23. The van der Waals surface area contributed by atoms with E-state index in [2.05, 4.69) is 40.8 Å². The van der Waals surface area contributed by atoms with Crippen LogP contribution in [0.15, 0.2) is 36.7 Å². The molecule has 0 amide bonds. The molecule has 128 valence electrons. The lowest BCUT2D eigenvalue weighted by molar-refractivity contribution is 0.130. The SMILES string of the molecule is Cc1cccnc1CN(Cc1ncccc1C)[C@H]1CC[C@H](N)CC1. The van der Waals surface area contributed by atoms with Crippen molar-refractivity contribution in [3.05, 3.63) is 59.2 Å². The minimum absolute atomic E-state index is 0.372. The lowest BCUT2D eigenvalue weighted by Gasteiger charge is -2.36. The van der Waals surface area contributed by atoms with Crippen LogP contribution in [0.25, 0.3) is 0 Å². The van der Waals surface area contributed by atoms with Gasteiger partial charge >= 0.3 is 0 Å². The number of nitrogens with zero attached hydrogens (tertiary/aromatic N) is 3. The van der Waals surface area contributed by atoms with Gasteiger partial charge in [0.15, 0.2) is 0 Å². The molecule has 2 aromatic rings. The molecule has 0 spiro atoms. The van der Waals surface area contributed by atoms with Crippen LogP contribution in [0.1, 0.15) is 48.2 Å². The molecule has 4 nitrogen and oxygen atoms in total. The van der Waals surface area contributed by atoms with Crippen LogP contribution in [0.3, 0.4) is 0 Å². The topological polar surface area (TPSA) is 55.0 Å². The summed E-state index contributed by atoms with van der Waals surface area (Å²) in [7, 11) is 0. The summed E-state index contributed by atoms with van der Waals surface area (Å²) in [6.07, 6.45) is 8.34. The van der Waals surface area contributed by atoms with E-state index in [9.17, 15) is 0 Å². The van der Waals surface area contributed by atoms with Gasteiger partial charge in [-0.15, -0.1) is 0 Å². The highest BCUT2D eigenvalue weighted by Gasteiger charge is 2.25. The molecule has 0 bridgehead atoms. The number of nitrogens with two attached hydrogens (primary N) is 1. The van der Waals surface area contributed by atoms with Crippen LogP contribution in [0.2, 0.25) is 0 Å². The van der Waals surface area contributed by atoms with Crippen molar-refractivity contribution in [2.24, 2.45) is 5.73 Å². The summed E-state index contributed by atoms with van der Waals surface area (Å²) in [5.74, 6) is 0. The van der Waals surface area contributed by atoms with Crippen molar-refractivity contribution in [3.63, 3.8) is 0 Å². The fourth-order valence-electron chi connectivity index (χ4n) is 3.53. The first-order chi connectivity index (χ1) is 11.6. The van der Waals surface area contributed by atoms with Gasteiger partial charge in [-0.3, -0.25) is 14.9 Å². The molecule has 0 aliphatic heterocycles. The minimum Gasteiger partial charge on any atom is -0.328 e. The summed E-state index contributed by atoms with van der Waals surface area (Å²) >= 11 is 0. The third-order valence-corrected chi connectivity index (χ3v) is 5.20. The van der Waals surface area contributed by atoms with Crippen molar-refractivity contribution in [3.8, 4) is 0 Å². The Kier molecular flexibility index (Phi) is 5.59. The molecule has 1 aliphatic rings. The van der Waals surface area contributed by atoms with Crippen LogP contribution in [0, 0.1) is 13.8 Å². The van der Waals surface area contributed by atoms with Crippen molar-refractivity contribution in [1.29, 1.82) is 0 Å². The van der Waals surface area contributed by atoms with Crippen LogP contribution < -0.4 is 5.73 Å². The standard InChI is InChI=1S/C20H28N4/c1-15-5-3-11-22-19(15)13-24(18-9-7-17(21)8-10-18)14-20-16(2)6-4-12-23-20/h3-6,11-12,17-18H,7-10,13-14,21H2,1-2H3/t17-,18-. The highest BCUT2D eigenvalue weighted by atomic mass is 15.2. The fourth-order valence-corrected chi connectivity index (χ4v) is 3.53. The van der Waals surface area contributed by atoms with Crippen LogP contribution in [-0.4, -0.2) is 27.0 Å². The zero-order chi connectivity index (χ0) is 16.9. The predicted octanol–water partition coefficient (Wildman–Crippen LogP) is 3.37. The van der Waals surface area contributed by atoms with Gasteiger partial charge < -0.3 is 5.73 Å². The zero-order valence-electron chi connectivity index (χ0n) is 14.8. The second kappa shape index (κ2) is 7.86. The maximum atomic E-state index is 6.11. The quantitative estimate of drug-likeness (QED) is 0.916. The van der Waals surface area contributed by atoms with E-state index >= 15 is 0 Å². The van der Waals surface area contributed by atoms with Gasteiger partial charge in [-0.2, -0.15) is 0 Å². The first kappa shape index (κ1) is 17.1. The average Bonchev–Trinajstić information content (AvgIpc) is 2.59. The minimum atomic E-state index is 0.372. The number of pyridine rings is 2. The summed E-state index contributed by atoms with van der Waals surface area (Å²) in [5.41, 5.74) is 11.0. The third-order valence-electron chi connectivity index (χ3n) is 5.20. The van der Waals surface area contributed by atoms with Gasteiger partial charge in [0.1, 0.15) is 0 Å². The highest BCUT2D eigenvalue weighted by molar-refractivity contribution is 5.20. The second-order valence-corrected chi connectivity index (χ2v) is 7.01. The van der Waals surface area contributed by atoms with E-state index in [0.717, 1.165) is 25.9 Å². The molecule has 1 saturated carbocycles. The maximum Gasteiger partial charge on any atom is 0.0573 e. The van der Waals surface area contributed by atoms with Crippen LogP contribution in [0.4, 0.5) is 0 Å². The van der Waals surface area contributed by atoms with Gasteiger partial charge in [0, 0.05) is 37.6 Å². The summed E-state index contributed by atoms with van der Waals surface area (Å²) in [4.78, 5) is 11.8. The molecule has 2 N–H and O–H groups in total. The van der Waals surface area contributed by atoms with Gasteiger partial charge in [-0.25, -0.2) is 0 Å². The number of hydrogen-bond acceptors (Lipinski definition) is 4. The monoisotopic (exact) mass is 324 g/mol. The zero-order valence-corrected chi connectivity index (χ0v) is 14.8. The number of rotatable bonds is 5. The fraction of sp³-hybridized carbons (Fsp3) is 0.500. The Labute approximate surface area is 145 Å². The van der Waals surface area contributed by atoms with Gasteiger partial charge in [0.25, 0.3) is 0 Å². The Morgan fingerprint density at radius 2 is 1.42 bits per heavy atom. The Balaban J connectivity index is 1.80. The lowest BCUT2D eigenvalue weighted by atomic mass is 9.90. The Morgan fingerprint density at radius 1 is 0.917 bits per heavy atom. The van der Waals surface area contributed by atoms with E-state index in [-0.39, 0.29) is 0 Å². The van der Waals surface area contributed by atoms with Crippen LogP contribution in [0.5, 0.6) is 0 Å². The number of hydrogen-bond donors (Lipinski definition) is 1. The smallest absolute Gasteiger partial charge is 0.0573 e. The molecular weight excluding hydrogens is 296 g/mol. The Hall–Kier alpha value is -1.78. The molecule has 3 rings (SSSR count).